The number of aliphatic hydroxyl groups excluding tert-OH is 2. The fourth-order valence-electron chi connectivity index (χ4n) is 4.08. The molecule has 0 saturated carbocycles. The molecule has 0 bridgehead atoms. The summed E-state index contributed by atoms with van der Waals surface area (Å²) in [4.78, 5) is 41.1. The lowest BCUT2D eigenvalue weighted by atomic mass is 10.0. The number of unbranched alkanes of at least 4 members (excludes halogenated alkanes) is 15. The van der Waals surface area contributed by atoms with Crippen molar-refractivity contribution in [2.75, 3.05) is 6.61 Å². The van der Waals surface area contributed by atoms with Crippen LogP contribution in [0.5, 0.6) is 0 Å². The molecular formula is C24H45O10P. The van der Waals surface area contributed by atoms with Crippen LogP contribution in [0.25, 0.3) is 0 Å². The van der Waals surface area contributed by atoms with Crippen molar-refractivity contribution in [1.29, 1.82) is 0 Å². The van der Waals surface area contributed by atoms with Crippen LogP contribution in [-0.4, -0.2) is 63.0 Å². The van der Waals surface area contributed by atoms with Crippen molar-refractivity contribution in [3.8, 4) is 0 Å². The topological polar surface area (TPSA) is 160 Å². The van der Waals surface area contributed by atoms with Gasteiger partial charge in [-0.25, -0.2) is 9.36 Å². The van der Waals surface area contributed by atoms with Crippen LogP contribution >= 0.6 is 7.82 Å². The highest BCUT2D eigenvalue weighted by Gasteiger charge is 2.51. The van der Waals surface area contributed by atoms with Crippen LogP contribution in [0.3, 0.4) is 0 Å². The minimum atomic E-state index is -5.12. The highest BCUT2D eigenvalue weighted by molar-refractivity contribution is 7.46. The molecule has 11 heteroatoms. The fraction of sp³-hybridized carbons (Fsp3) is 0.917. The Labute approximate surface area is 209 Å². The SMILES string of the molecule is CCCCCCCCCCCCCCCCCCOC(O)[C@H](O)[C@H]1OC(=O)C(OP(=O)(O)O)C1=O. The fourth-order valence-corrected chi connectivity index (χ4v) is 4.55. The van der Waals surface area contributed by atoms with Gasteiger partial charge in [0.05, 0.1) is 0 Å². The van der Waals surface area contributed by atoms with Gasteiger partial charge in [-0.15, -0.1) is 0 Å². The van der Waals surface area contributed by atoms with Gasteiger partial charge in [0, 0.05) is 6.61 Å². The first kappa shape index (κ1) is 32.2. The molecule has 0 aliphatic carbocycles. The molecule has 1 rings (SSSR count). The van der Waals surface area contributed by atoms with Crippen LogP contribution in [0.4, 0.5) is 0 Å². The van der Waals surface area contributed by atoms with Crippen molar-refractivity contribution in [1.82, 2.24) is 0 Å². The molecule has 0 spiro atoms. The van der Waals surface area contributed by atoms with E-state index in [1.165, 1.54) is 77.0 Å². The van der Waals surface area contributed by atoms with Crippen LogP contribution in [0, 0.1) is 0 Å². The van der Waals surface area contributed by atoms with Gasteiger partial charge >= 0.3 is 13.8 Å². The van der Waals surface area contributed by atoms with E-state index in [0.29, 0.717) is 6.42 Å². The molecule has 1 aliphatic heterocycles. The molecule has 0 radical (unpaired) electrons. The Bertz CT molecular complexity index is 638. The maximum absolute atomic E-state index is 12.0. The molecule has 0 amide bonds. The molecule has 10 nitrogen and oxygen atoms in total. The number of esters is 1. The molecule has 4 atom stereocenters. The first-order valence-electron chi connectivity index (χ1n) is 13.1. The second-order valence-corrected chi connectivity index (χ2v) is 10.5. The van der Waals surface area contributed by atoms with Crippen LogP contribution in [0.2, 0.25) is 0 Å². The molecule has 1 heterocycles. The number of Topliss-reactive ketones (excluding diaryl/α,β-unsaturated/α-hetero) is 1. The van der Waals surface area contributed by atoms with Crippen LogP contribution in [-0.2, 0) is 28.2 Å². The van der Waals surface area contributed by atoms with Crippen LogP contribution < -0.4 is 0 Å². The second kappa shape index (κ2) is 18.4. The normalized spacial score (nSPS) is 20.3. The molecule has 0 aromatic heterocycles. The zero-order chi connectivity index (χ0) is 26.1. The number of hydrogen-bond acceptors (Lipinski definition) is 8. The summed E-state index contributed by atoms with van der Waals surface area (Å²) < 4.78 is 24.7. The molecule has 206 valence electrons. The first-order chi connectivity index (χ1) is 16.7. The summed E-state index contributed by atoms with van der Waals surface area (Å²) in [6.45, 7) is 2.39. The van der Waals surface area contributed by atoms with E-state index in [2.05, 4.69) is 16.2 Å². The van der Waals surface area contributed by atoms with Gasteiger partial charge in [0.15, 0.2) is 12.4 Å². The van der Waals surface area contributed by atoms with Gasteiger partial charge in [0.25, 0.3) is 0 Å². The summed E-state index contributed by atoms with van der Waals surface area (Å²) in [5, 5.41) is 20.0. The average molecular weight is 525 g/mol. The van der Waals surface area contributed by atoms with E-state index in [1.807, 2.05) is 0 Å². The third-order valence-corrected chi connectivity index (χ3v) is 6.61. The number of phosphoric ester groups is 1. The predicted octanol–water partition coefficient (Wildman–Crippen LogP) is 3.92. The summed E-state index contributed by atoms with van der Waals surface area (Å²) >= 11 is 0. The van der Waals surface area contributed by atoms with E-state index in [4.69, 9.17) is 14.5 Å². The number of ketones is 1. The second-order valence-electron chi connectivity index (χ2n) is 9.29. The Morgan fingerprint density at radius 1 is 0.800 bits per heavy atom. The standard InChI is InChI=1S/C24H45O10P/c1-2-3-4-5-6-7-8-9-10-11-12-13-14-15-16-17-18-32-23(27)20(26)21-19(25)22(24(28)33-21)34-35(29,30)31/h20-23,26-27H,2-18H2,1H3,(H2,29,30,31)/t20-,21+,22?,23?/m1/s1. The lowest BCUT2D eigenvalue weighted by molar-refractivity contribution is -0.193. The number of carbonyl (C=O) groups excluding carboxylic acids is 2. The first-order valence-corrected chi connectivity index (χ1v) is 14.7. The van der Waals surface area contributed by atoms with Gasteiger partial charge in [-0.3, -0.25) is 9.32 Å². The Kier molecular flexibility index (Phi) is 16.9. The van der Waals surface area contributed by atoms with Gasteiger partial charge < -0.3 is 29.5 Å². The number of phosphoric acid groups is 1. The average Bonchev–Trinajstić information content (AvgIpc) is 3.07. The highest BCUT2D eigenvalue weighted by atomic mass is 31.2. The van der Waals surface area contributed by atoms with Crippen molar-refractivity contribution in [3.05, 3.63) is 0 Å². The molecule has 1 fully saturated rings. The molecule has 0 aromatic carbocycles. The van der Waals surface area contributed by atoms with E-state index in [-0.39, 0.29) is 6.61 Å². The van der Waals surface area contributed by atoms with Gasteiger partial charge in [0.2, 0.25) is 11.9 Å². The smallest absolute Gasteiger partial charge is 0.449 e. The Morgan fingerprint density at radius 2 is 1.23 bits per heavy atom. The van der Waals surface area contributed by atoms with Gasteiger partial charge in [-0.05, 0) is 6.42 Å². The predicted molar refractivity (Wildman–Crippen MR) is 129 cm³/mol. The number of rotatable bonds is 22. The molecule has 1 saturated heterocycles. The summed E-state index contributed by atoms with van der Waals surface area (Å²) in [6.07, 6.45) is 12.0. The quantitative estimate of drug-likeness (QED) is 0.0537. The maximum atomic E-state index is 12.0. The lowest BCUT2D eigenvalue weighted by Gasteiger charge is -2.21. The summed E-state index contributed by atoms with van der Waals surface area (Å²) in [7, 11) is -5.12. The van der Waals surface area contributed by atoms with Gasteiger partial charge in [-0.1, -0.05) is 103 Å². The number of carbonyl (C=O) groups is 2. The van der Waals surface area contributed by atoms with E-state index in [0.717, 1.165) is 19.3 Å². The van der Waals surface area contributed by atoms with E-state index < -0.39 is 44.2 Å². The monoisotopic (exact) mass is 524 g/mol. The zero-order valence-corrected chi connectivity index (χ0v) is 21.9. The van der Waals surface area contributed by atoms with Crippen molar-refractivity contribution >= 4 is 19.6 Å². The van der Waals surface area contributed by atoms with Gasteiger partial charge in [0.1, 0.15) is 6.10 Å². The highest BCUT2D eigenvalue weighted by Crippen LogP contribution is 2.39. The summed E-state index contributed by atoms with van der Waals surface area (Å²) in [5.41, 5.74) is 0. The van der Waals surface area contributed by atoms with Gasteiger partial charge in [-0.2, -0.15) is 0 Å². The van der Waals surface area contributed by atoms with Crippen molar-refractivity contribution < 1.29 is 48.2 Å². The third kappa shape index (κ3) is 14.5. The molecule has 0 aromatic rings. The molecule has 35 heavy (non-hydrogen) atoms. The number of hydrogen-bond donors (Lipinski definition) is 4. The van der Waals surface area contributed by atoms with Crippen molar-refractivity contribution in [2.24, 2.45) is 0 Å². The zero-order valence-electron chi connectivity index (χ0n) is 21.0. The van der Waals surface area contributed by atoms with Crippen LogP contribution in [0.1, 0.15) is 110 Å². The largest absolute Gasteiger partial charge is 0.470 e. The van der Waals surface area contributed by atoms with E-state index >= 15 is 0 Å². The maximum Gasteiger partial charge on any atom is 0.470 e. The third-order valence-electron chi connectivity index (χ3n) is 6.13. The number of cyclic esters (lactones) is 1. The Balaban J connectivity index is 2.00. The number of aliphatic hydroxyl groups is 2. The Morgan fingerprint density at radius 3 is 1.66 bits per heavy atom. The molecule has 4 N–H and O–H groups in total. The van der Waals surface area contributed by atoms with Crippen molar-refractivity contribution in [2.45, 2.75) is 134 Å². The summed E-state index contributed by atoms with van der Waals surface area (Å²) in [5.74, 6) is -2.52. The molecule has 2 unspecified atom stereocenters. The number of ether oxygens (including phenoxy) is 2. The molecular weight excluding hydrogens is 479 g/mol. The minimum Gasteiger partial charge on any atom is -0.449 e. The minimum absolute atomic E-state index is 0.147. The van der Waals surface area contributed by atoms with Crippen molar-refractivity contribution in [3.63, 3.8) is 0 Å². The van der Waals surface area contributed by atoms with E-state index in [9.17, 15) is 24.4 Å². The molecule has 1 aliphatic rings. The Hall–Kier alpha value is -0.870. The van der Waals surface area contributed by atoms with Crippen LogP contribution in [0.15, 0.2) is 0 Å². The lowest BCUT2D eigenvalue weighted by Crippen LogP contribution is -2.43. The van der Waals surface area contributed by atoms with E-state index in [1.54, 1.807) is 0 Å². The summed E-state index contributed by atoms with van der Waals surface area (Å²) in [6, 6.07) is 0.